The van der Waals surface area contributed by atoms with E-state index >= 15 is 0 Å². The number of Topliss-reactive ketones (excluding diaryl/α,β-unsaturated/α-hetero) is 1. The first-order valence-corrected chi connectivity index (χ1v) is 5.15. The fourth-order valence-corrected chi connectivity index (χ4v) is 1.48. The Morgan fingerprint density at radius 2 is 1.81 bits per heavy atom. The zero-order chi connectivity index (χ0) is 12.2. The number of carbonyl (C=O) groups is 2. The van der Waals surface area contributed by atoms with Gasteiger partial charge < -0.3 is 9.90 Å². The van der Waals surface area contributed by atoms with Crippen LogP contribution in [0, 0.1) is 0 Å². The number of nitrogens with zero attached hydrogens (tertiary/aromatic N) is 1. The van der Waals surface area contributed by atoms with Crippen molar-refractivity contribution >= 4 is 17.6 Å². The van der Waals surface area contributed by atoms with E-state index < -0.39 is 10.6 Å². The number of para-hydroxylation sites is 1. The number of likely N-dealkylation sites (N-methyl/N-ethyl adjacent to an activating group) is 1. The van der Waals surface area contributed by atoms with Gasteiger partial charge in [-0.15, -0.1) is 0 Å². The summed E-state index contributed by atoms with van der Waals surface area (Å²) in [5, 5.41) is 11.2. The van der Waals surface area contributed by atoms with E-state index in [1.807, 2.05) is 0 Å². The number of carboxylic acid groups (broad SMARTS) is 1. The van der Waals surface area contributed by atoms with Gasteiger partial charge in [-0.2, -0.15) is 0 Å². The third-order valence-corrected chi connectivity index (χ3v) is 2.62. The van der Waals surface area contributed by atoms with E-state index in [2.05, 4.69) is 0 Å². The summed E-state index contributed by atoms with van der Waals surface area (Å²) in [6, 6.07) is 8.64. The lowest BCUT2D eigenvalue weighted by Crippen LogP contribution is -2.59. The number of carbonyl (C=O) groups excluding carboxylic acids is 2. The van der Waals surface area contributed by atoms with Crippen LogP contribution < -0.4 is 9.59 Å². The molecule has 0 N–H and O–H groups in total. The van der Waals surface area contributed by atoms with E-state index in [1.54, 1.807) is 37.3 Å². The molecule has 0 aliphatic heterocycles. The van der Waals surface area contributed by atoms with Crippen LogP contribution in [-0.4, -0.2) is 25.5 Å². The molecule has 0 saturated heterocycles. The summed E-state index contributed by atoms with van der Waals surface area (Å²) in [6.07, 6.45) is -0.943. The molecule has 0 aliphatic rings. The number of amides is 1. The largest absolute Gasteiger partial charge is 0.498 e. The highest BCUT2D eigenvalue weighted by molar-refractivity contribution is 5.89. The van der Waals surface area contributed by atoms with E-state index in [1.165, 1.54) is 7.05 Å². The molecule has 0 aromatic heterocycles. The number of rotatable bonds is 4. The lowest BCUT2D eigenvalue weighted by atomic mass is 10.2. The quantitative estimate of drug-likeness (QED) is 0.711. The van der Waals surface area contributed by atoms with Crippen molar-refractivity contribution in [2.45, 2.75) is 13.3 Å². The highest BCUT2D eigenvalue weighted by Crippen LogP contribution is 2.20. The molecule has 1 aromatic carbocycles. The molecular weight excluding hydrogens is 206 g/mol. The third kappa shape index (κ3) is 2.46. The molecule has 0 aliphatic carbocycles. The predicted molar refractivity (Wildman–Crippen MR) is 59.7 cm³/mol. The Hall–Kier alpha value is -1.68. The number of ketones is 1. The summed E-state index contributed by atoms with van der Waals surface area (Å²) in [5.41, 5.74) is 0.546. The van der Waals surface area contributed by atoms with E-state index in [9.17, 15) is 14.7 Å². The van der Waals surface area contributed by atoms with Gasteiger partial charge in [-0.1, -0.05) is 25.1 Å². The van der Waals surface area contributed by atoms with Crippen LogP contribution in [0.4, 0.5) is 10.5 Å². The van der Waals surface area contributed by atoms with Gasteiger partial charge >= 0.3 is 0 Å². The van der Waals surface area contributed by atoms with Crippen molar-refractivity contribution in [1.82, 2.24) is 4.48 Å². The Labute approximate surface area is 94.7 Å². The lowest BCUT2D eigenvalue weighted by Gasteiger charge is -2.32. The second-order valence-electron chi connectivity index (χ2n) is 3.84. The van der Waals surface area contributed by atoms with Crippen LogP contribution in [0.1, 0.15) is 13.3 Å². The van der Waals surface area contributed by atoms with Gasteiger partial charge in [-0.05, 0) is 12.1 Å². The average Bonchev–Trinajstić information content (AvgIpc) is 2.29. The average molecular weight is 221 g/mol. The minimum atomic E-state index is -1.27. The molecule has 1 atom stereocenters. The van der Waals surface area contributed by atoms with Crippen LogP contribution in [0.3, 0.4) is 0 Å². The van der Waals surface area contributed by atoms with E-state index in [4.69, 9.17) is 0 Å². The normalized spacial score (nSPS) is 14.1. The fraction of sp³-hybridized carbons (Fsp3) is 0.333. The maximum absolute atomic E-state index is 11.4. The zero-order valence-corrected chi connectivity index (χ0v) is 9.47. The van der Waals surface area contributed by atoms with E-state index in [0.29, 0.717) is 12.1 Å². The number of benzene rings is 1. The summed E-state index contributed by atoms with van der Waals surface area (Å²) in [7, 11) is 1.47. The van der Waals surface area contributed by atoms with Crippen LogP contribution in [-0.2, 0) is 4.79 Å². The Morgan fingerprint density at radius 1 is 1.25 bits per heavy atom. The van der Waals surface area contributed by atoms with Gasteiger partial charge in [-0.25, -0.2) is 4.48 Å². The van der Waals surface area contributed by atoms with Gasteiger partial charge in [0.2, 0.25) is 0 Å². The Balaban J connectivity index is 3.07. The summed E-state index contributed by atoms with van der Waals surface area (Å²) in [5.74, 6) is -0.101. The molecule has 1 aromatic rings. The molecule has 0 heterocycles. The Kier molecular flexibility index (Phi) is 3.79. The topological polar surface area (TPSA) is 57.2 Å². The zero-order valence-electron chi connectivity index (χ0n) is 9.47. The predicted octanol–water partition coefficient (Wildman–Crippen LogP) is 0.946. The SMILES string of the molecule is CCC(=O)C[N+](C)(C(=O)[O-])c1ccccc1. The molecule has 0 radical (unpaired) electrons. The summed E-state index contributed by atoms with van der Waals surface area (Å²) >= 11 is 0. The first-order chi connectivity index (χ1) is 7.50. The van der Waals surface area contributed by atoms with Crippen molar-refractivity contribution in [2.75, 3.05) is 13.6 Å². The summed E-state index contributed by atoms with van der Waals surface area (Å²) in [4.78, 5) is 22.6. The molecule has 0 bridgehead atoms. The van der Waals surface area contributed by atoms with Crippen LogP contribution in [0.25, 0.3) is 0 Å². The van der Waals surface area contributed by atoms with Crippen molar-refractivity contribution in [1.29, 1.82) is 0 Å². The van der Waals surface area contributed by atoms with Crippen molar-refractivity contribution in [2.24, 2.45) is 0 Å². The fourth-order valence-electron chi connectivity index (χ4n) is 1.48. The summed E-state index contributed by atoms with van der Waals surface area (Å²) < 4.78 is -0.506. The molecule has 86 valence electrons. The maximum atomic E-state index is 11.4. The third-order valence-electron chi connectivity index (χ3n) is 2.62. The monoisotopic (exact) mass is 221 g/mol. The van der Waals surface area contributed by atoms with Crippen molar-refractivity contribution < 1.29 is 14.7 Å². The van der Waals surface area contributed by atoms with Gasteiger partial charge in [0.05, 0.1) is 7.05 Å². The second-order valence-corrected chi connectivity index (χ2v) is 3.84. The molecule has 0 fully saturated rings. The summed E-state index contributed by atoms with van der Waals surface area (Å²) in [6.45, 7) is 1.63. The van der Waals surface area contributed by atoms with Crippen LogP contribution in [0.2, 0.25) is 0 Å². The van der Waals surface area contributed by atoms with Gasteiger partial charge in [-0.3, -0.25) is 4.79 Å². The van der Waals surface area contributed by atoms with Gasteiger partial charge in [0.1, 0.15) is 12.2 Å². The highest BCUT2D eigenvalue weighted by Gasteiger charge is 2.29. The first-order valence-electron chi connectivity index (χ1n) is 5.15. The first kappa shape index (κ1) is 12.4. The van der Waals surface area contributed by atoms with Crippen molar-refractivity contribution in [3.8, 4) is 0 Å². The van der Waals surface area contributed by atoms with E-state index in [0.717, 1.165) is 0 Å². The van der Waals surface area contributed by atoms with Gasteiger partial charge in [0.25, 0.3) is 6.09 Å². The molecule has 0 spiro atoms. The van der Waals surface area contributed by atoms with Gasteiger partial charge in [0.15, 0.2) is 5.78 Å². The number of quaternary nitrogens is 1. The minimum Gasteiger partial charge on any atom is -0.498 e. The molecule has 1 amide bonds. The Morgan fingerprint density at radius 3 is 2.25 bits per heavy atom. The minimum absolute atomic E-state index is 0.0805. The molecule has 0 saturated carbocycles. The number of hydrogen-bond acceptors (Lipinski definition) is 3. The van der Waals surface area contributed by atoms with Crippen molar-refractivity contribution in [3.63, 3.8) is 0 Å². The van der Waals surface area contributed by atoms with Crippen molar-refractivity contribution in [3.05, 3.63) is 30.3 Å². The van der Waals surface area contributed by atoms with Crippen LogP contribution >= 0.6 is 0 Å². The Bertz CT molecular complexity index is 389. The maximum Gasteiger partial charge on any atom is 0.262 e. The van der Waals surface area contributed by atoms with Crippen LogP contribution in [0.15, 0.2) is 30.3 Å². The smallest absolute Gasteiger partial charge is 0.262 e. The standard InChI is InChI=1S/C12H15NO3/c1-3-11(14)9-13(2,12(15)16)10-7-5-4-6-8-10/h4-8H,3,9H2,1-2H3. The highest BCUT2D eigenvalue weighted by atomic mass is 16.4. The second kappa shape index (κ2) is 4.90. The number of hydrogen-bond donors (Lipinski definition) is 0. The molecule has 4 heteroatoms. The molecule has 1 rings (SSSR count). The van der Waals surface area contributed by atoms with Crippen LogP contribution in [0.5, 0.6) is 0 Å². The molecule has 1 unspecified atom stereocenters. The lowest BCUT2D eigenvalue weighted by molar-refractivity contribution is -0.262. The van der Waals surface area contributed by atoms with E-state index in [-0.39, 0.29) is 12.3 Å². The molecular formula is C12H15NO3. The van der Waals surface area contributed by atoms with Gasteiger partial charge in [0, 0.05) is 6.42 Å². The molecule has 16 heavy (non-hydrogen) atoms. The molecule has 4 nitrogen and oxygen atoms in total.